The molecule has 5 aliphatic rings. The van der Waals surface area contributed by atoms with Crippen LogP contribution in [0, 0.1) is 27.1 Å². The van der Waals surface area contributed by atoms with E-state index in [4.69, 9.17) is 10.2 Å². The number of hydrogen-bond acceptors (Lipinski definition) is 13. The van der Waals surface area contributed by atoms with Crippen LogP contribution in [-0.4, -0.2) is 142 Å². The van der Waals surface area contributed by atoms with Gasteiger partial charge in [-0.25, -0.2) is 0 Å². The van der Waals surface area contributed by atoms with Crippen molar-refractivity contribution >= 4 is 0 Å². The van der Waals surface area contributed by atoms with E-state index in [1.807, 2.05) is 0 Å². The molecular formula is C91H184O13. The topological polar surface area (TPSA) is 252 Å². The van der Waals surface area contributed by atoms with Gasteiger partial charge >= 0.3 is 0 Å². The van der Waals surface area contributed by atoms with Crippen molar-refractivity contribution in [2.75, 3.05) is 80.3 Å². The predicted molar refractivity (Wildman–Crippen MR) is 444 cm³/mol. The first kappa shape index (κ1) is 107. The Morgan fingerprint density at radius 1 is 0.163 bits per heavy atom. The van der Waals surface area contributed by atoms with Crippen LogP contribution in [0.25, 0.3) is 0 Å². The zero-order chi connectivity index (χ0) is 77.2. The van der Waals surface area contributed by atoms with Crippen LogP contribution < -0.4 is 0 Å². The first-order chi connectivity index (χ1) is 51.1. The molecule has 0 heterocycles. The molecule has 626 valence electrons. The molecule has 0 spiro atoms. The Kier molecular flexibility index (Phi) is 85.1. The Labute approximate surface area is 645 Å². The lowest BCUT2D eigenvalue weighted by Gasteiger charge is -2.30. The lowest BCUT2D eigenvalue weighted by molar-refractivity contribution is 0.0352. The van der Waals surface area contributed by atoms with Gasteiger partial charge in [-0.3, -0.25) is 0 Å². The van der Waals surface area contributed by atoms with E-state index in [1.54, 1.807) is 0 Å². The summed E-state index contributed by atoms with van der Waals surface area (Å²) in [6.07, 6.45) is 92.0. The zero-order valence-corrected chi connectivity index (χ0v) is 69.4. The maximum Gasteiger partial charge on any atom is 0.0829 e. The fraction of sp³-hybridized carbons (Fsp3) is 0.956. The van der Waals surface area contributed by atoms with Crippen LogP contribution in [0.2, 0.25) is 0 Å². The second-order valence-corrected chi connectivity index (χ2v) is 33.3. The minimum atomic E-state index is -0.194. The highest BCUT2D eigenvalue weighted by atomic mass is 16.5. The smallest absolute Gasteiger partial charge is 0.0829 e. The monoisotopic (exact) mass is 1490 g/mol. The SMILES string of the molecule is C=COC=C.CO.CO.OCC1(CO)CCCCCCCCCCCCCC1.OCC1(CO)CCCCCCCCCCCCCC1.OCC1(CO)CCCCCCCCCCCCCC1.OCC1(CO)CCCCCCCCCCCCCC1.OCC1(CO)CCCCCCCCCCCCCC1. The van der Waals surface area contributed by atoms with Gasteiger partial charge < -0.3 is 66.0 Å². The molecule has 0 atom stereocenters. The van der Waals surface area contributed by atoms with Crippen molar-refractivity contribution in [2.24, 2.45) is 27.1 Å². The Morgan fingerprint density at radius 3 is 0.279 bits per heavy atom. The number of aliphatic hydroxyl groups is 12. The van der Waals surface area contributed by atoms with Crippen LogP contribution in [0.4, 0.5) is 0 Å². The maximum atomic E-state index is 9.63. The van der Waals surface area contributed by atoms with Crippen molar-refractivity contribution in [3.8, 4) is 0 Å². The third kappa shape index (κ3) is 63.4. The van der Waals surface area contributed by atoms with Gasteiger partial charge in [-0.1, -0.05) is 398 Å². The van der Waals surface area contributed by atoms with E-state index < -0.39 is 0 Å². The molecule has 5 aliphatic carbocycles. The van der Waals surface area contributed by atoms with E-state index in [-0.39, 0.29) is 93.1 Å². The van der Waals surface area contributed by atoms with Crippen LogP contribution in [0.5, 0.6) is 0 Å². The molecule has 104 heavy (non-hydrogen) atoms. The van der Waals surface area contributed by atoms with Gasteiger partial charge in [-0.05, 0) is 64.2 Å². The van der Waals surface area contributed by atoms with Gasteiger partial charge in [0.25, 0.3) is 0 Å². The van der Waals surface area contributed by atoms with Crippen LogP contribution in [0.1, 0.15) is 449 Å². The molecule has 0 aliphatic heterocycles. The van der Waals surface area contributed by atoms with Gasteiger partial charge in [0.2, 0.25) is 0 Å². The van der Waals surface area contributed by atoms with Crippen molar-refractivity contribution in [3.05, 3.63) is 25.7 Å². The van der Waals surface area contributed by atoms with E-state index in [1.165, 1.54) is 398 Å². The largest absolute Gasteiger partial charge is 0.474 e. The van der Waals surface area contributed by atoms with Crippen LogP contribution in [0.3, 0.4) is 0 Å². The second kappa shape index (κ2) is 82.8. The minimum absolute atomic E-state index is 0.156. The molecule has 13 heteroatoms. The molecule has 0 bridgehead atoms. The third-order valence-corrected chi connectivity index (χ3v) is 24.4. The van der Waals surface area contributed by atoms with E-state index in [9.17, 15) is 51.1 Å². The molecule has 0 aromatic heterocycles. The second-order valence-electron chi connectivity index (χ2n) is 33.3. The summed E-state index contributed by atoms with van der Waals surface area (Å²) >= 11 is 0. The quantitative estimate of drug-likeness (QED) is 0.0814. The molecule has 0 saturated heterocycles. The molecule has 0 amide bonds. The van der Waals surface area contributed by atoms with Gasteiger partial charge in [0.15, 0.2) is 0 Å². The van der Waals surface area contributed by atoms with Gasteiger partial charge in [0.1, 0.15) is 0 Å². The van der Waals surface area contributed by atoms with Crippen LogP contribution in [-0.2, 0) is 4.74 Å². The summed E-state index contributed by atoms with van der Waals surface area (Å²) in [5.41, 5.74) is -0.971. The van der Waals surface area contributed by atoms with Gasteiger partial charge in [-0.2, -0.15) is 0 Å². The minimum Gasteiger partial charge on any atom is -0.474 e. The summed E-state index contributed by atoms with van der Waals surface area (Å²) in [6, 6.07) is 0. The molecule has 0 unspecified atom stereocenters. The average Bonchev–Trinajstić information content (AvgIpc) is 1.09. The molecule has 0 aromatic carbocycles. The van der Waals surface area contributed by atoms with E-state index in [0.29, 0.717) is 0 Å². The highest BCUT2D eigenvalue weighted by Gasteiger charge is 2.32. The molecule has 12 N–H and O–H groups in total. The van der Waals surface area contributed by atoms with Crippen molar-refractivity contribution in [2.45, 2.75) is 449 Å². The molecule has 13 nitrogen and oxygen atoms in total. The van der Waals surface area contributed by atoms with E-state index >= 15 is 0 Å². The Hall–Kier alpha value is -1.20. The first-order valence-corrected chi connectivity index (χ1v) is 44.9. The first-order valence-electron chi connectivity index (χ1n) is 44.9. The van der Waals surface area contributed by atoms with Gasteiger partial charge in [-0.15, -0.1) is 0 Å². The van der Waals surface area contributed by atoms with Crippen molar-refractivity contribution in [3.63, 3.8) is 0 Å². The summed E-state index contributed by atoms with van der Waals surface area (Å²) in [5.74, 6) is 0. The fourth-order valence-corrected chi connectivity index (χ4v) is 16.4. The Morgan fingerprint density at radius 2 is 0.231 bits per heavy atom. The number of rotatable bonds is 12. The van der Waals surface area contributed by atoms with Crippen LogP contribution >= 0.6 is 0 Å². The lowest BCUT2D eigenvalue weighted by atomic mass is 9.79. The summed E-state index contributed by atoms with van der Waals surface area (Å²) in [6.45, 7) is 8.08. The summed E-state index contributed by atoms with van der Waals surface area (Å²) in [4.78, 5) is 0. The predicted octanol–water partition coefficient (Wildman–Crippen LogP) is 22.7. The number of aliphatic hydroxyl groups excluding tert-OH is 12. The number of hydrogen-bond donors (Lipinski definition) is 12. The van der Waals surface area contributed by atoms with Crippen molar-refractivity contribution in [1.29, 1.82) is 0 Å². The maximum absolute atomic E-state index is 9.63. The molecule has 5 fully saturated rings. The van der Waals surface area contributed by atoms with Crippen molar-refractivity contribution < 1.29 is 66.0 Å². The summed E-state index contributed by atoms with van der Waals surface area (Å²) < 4.78 is 4.36. The third-order valence-electron chi connectivity index (χ3n) is 24.4. The molecule has 0 radical (unpaired) electrons. The molecule has 5 rings (SSSR count). The van der Waals surface area contributed by atoms with Gasteiger partial charge in [0, 0.05) is 41.3 Å². The van der Waals surface area contributed by atoms with Crippen molar-refractivity contribution in [1.82, 2.24) is 0 Å². The van der Waals surface area contributed by atoms with E-state index in [0.717, 1.165) is 78.4 Å². The summed E-state index contributed by atoms with van der Waals surface area (Å²) in [7, 11) is 2.00. The molecular weight excluding hydrogens is 1300 g/mol. The van der Waals surface area contributed by atoms with E-state index in [2.05, 4.69) is 17.9 Å². The average molecular weight is 1490 g/mol. The fourth-order valence-electron chi connectivity index (χ4n) is 16.4. The zero-order valence-electron chi connectivity index (χ0n) is 69.4. The standard InChI is InChI=1S/5C17H34O2.C4H6O.2CH4O/c5*18-15-17(16-19)13-11-9-7-5-3-1-2-4-6-8-10-12-14-17;1-3-5-4-2;2*1-2/h5*18-19H,1-16H2;3-4H,1-2H2;2*2H,1H3. The molecule has 0 aromatic rings. The van der Waals surface area contributed by atoms with Crippen LogP contribution in [0.15, 0.2) is 25.7 Å². The Bertz CT molecular complexity index is 1280. The lowest BCUT2D eigenvalue weighted by Crippen LogP contribution is -2.29. The number of ether oxygens (including phenoxy) is 1. The molecule has 5 saturated carbocycles. The highest BCUT2D eigenvalue weighted by Crippen LogP contribution is 2.37. The normalized spacial score (nSPS) is 22.6. The Balaban J connectivity index is -0.00000119. The van der Waals surface area contributed by atoms with Gasteiger partial charge in [0.05, 0.1) is 78.6 Å². The summed E-state index contributed by atoms with van der Waals surface area (Å²) in [5, 5.41) is 110. The highest BCUT2D eigenvalue weighted by molar-refractivity contribution is 4.82.